The quantitative estimate of drug-likeness (QED) is 0.627. The van der Waals surface area contributed by atoms with Gasteiger partial charge < -0.3 is 20.7 Å². The van der Waals surface area contributed by atoms with Crippen LogP contribution in [0.4, 0.5) is 11.4 Å². The lowest BCUT2D eigenvalue weighted by Crippen LogP contribution is -2.29. The summed E-state index contributed by atoms with van der Waals surface area (Å²) >= 11 is 0. The molecule has 1 atom stereocenters. The number of benzene rings is 1. The summed E-state index contributed by atoms with van der Waals surface area (Å²) in [4.78, 5) is 25.0. The van der Waals surface area contributed by atoms with Crippen molar-refractivity contribution in [1.29, 1.82) is 0 Å². The molecule has 3 N–H and O–H groups in total. The SMILES string of the molecule is CCOC(=O)C(C)Nc1cc(C(=O)N(C)C)ccc1N. The lowest BCUT2D eigenvalue weighted by molar-refractivity contribution is -0.143. The largest absolute Gasteiger partial charge is 0.464 e. The van der Waals surface area contributed by atoms with Crippen LogP contribution in [-0.4, -0.2) is 43.5 Å². The van der Waals surface area contributed by atoms with Gasteiger partial charge in [0.15, 0.2) is 0 Å². The summed E-state index contributed by atoms with van der Waals surface area (Å²) < 4.78 is 4.91. The molecule has 6 heteroatoms. The van der Waals surface area contributed by atoms with E-state index in [2.05, 4.69) is 5.32 Å². The minimum Gasteiger partial charge on any atom is -0.464 e. The van der Waals surface area contributed by atoms with Crippen LogP contribution in [0.5, 0.6) is 0 Å². The van der Waals surface area contributed by atoms with Gasteiger partial charge in [0.25, 0.3) is 5.91 Å². The maximum atomic E-state index is 11.9. The van der Waals surface area contributed by atoms with Crippen LogP contribution in [-0.2, 0) is 9.53 Å². The number of nitrogens with one attached hydrogen (secondary N) is 1. The number of amides is 1. The van der Waals surface area contributed by atoms with Crippen molar-refractivity contribution in [2.75, 3.05) is 31.8 Å². The minimum atomic E-state index is -0.540. The van der Waals surface area contributed by atoms with E-state index in [4.69, 9.17) is 10.5 Å². The molecule has 20 heavy (non-hydrogen) atoms. The van der Waals surface area contributed by atoms with E-state index in [0.29, 0.717) is 23.5 Å². The number of hydrogen-bond acceptors (Lipinski definition) is 5. The second-order valence-corrected chi connectivity index (χ2v) is 4.62. The summed E-state index contributed by atoms with van der Waals surface area (Å²) in [5, 5.41) is 2.96. The van der Waals surface area contributed by atoms with Gasteiger partial charge in [-0.2, -0.15) is 0 Å². The standard InChI is InChI=1S/C14H21N3O3/c1-5-20-14(19)9(2)16-12-8-10(6-7-11(12)15)13(18)17(3)4/h6-9,16H,5,15H2,1-4H3. The number of hydrogen-bond donors (Lipinski definition) is 2. The Bertz CT molecular complexity index is 500. The Morgan fingerprint density at radius 1 is 1.40 bits per heavy atom. The summed E-state index contributed by atoms with van der Waals surface area (Å²) in [5.74, 6) is -0.493. The molecule has 1 aromatic carbocycles. The van der Waals surface area contributed by atoms with E-state index in [1.807, 2.05) is 0 Å². The molecule has 0 heterocycles. The lowest BCUT2D eigenvalue weighted by Gasteiger charge is -2.17. The van der Waals surface area contributed by atoms with Gasteiger partial charge in [0.1, 0.15) is 6.04 Å². The van der Waals surface area contributed by atoms with Crippen LogP contribution < -0.4 is 11.1 Å². The second kappa shape index (κ2) is 6.79. The second-order valence-electron chi connectivity index (χ2n) is 4.62. The Morgan fingerprint density at radius 3 is 2.60 bits per heavy atom. The predicted molar refractivity (Wildman–Crippen MR) is 78.6 cm³/mol. The molecule has 0 bridgehead atoms. The Hall–Kier alpha value is -2.24. The number of carbonyl (C=O) groups is 2. The number of ether oxygens (including phenoxy) is 1. The summed E-state index contributed by atoms with van der Waals surface area (Å²) in [7, 11) is 3.35. The molecule has 6 nitrogen and oxygen atoms in total. The maximum absolute atomic E-state index is 11.9. The Kier molecular flexibility index (Phi) is 5.37. The van der Waals surface area contributed by atoms with Crippen LogP contribution in [0.25, 0.3) is 0 Å². The van der Waals surface area contributed by atoms with Crippen molar-refractivity contribution >= 4 is 23.3 Å². The van der Waals surface area contributed by atoms with Gasteiger partial charge in [-0.25, -0.2) is 4.79 Å². The first-order valence-electron chi connectivity index (χ1n) is 6.41. The summed E-state index contributed by atoms with van der Waals surface area (Å²) in [5.41, 5.74) is 7.36. The average molecular weight is 279 g/mol. The van der Waals surface area contributed by atoms with Crippen molar-refractivity contribution in [3.63, 3.8) is 0 Å². The zero-order valence-corrected chi connectivity index (χ0v) is 12.3. The number of anilines is 2. The van der Waals surface area contributed by atoms with E-state index < -0.39 is 6.04 Å². The summed E-state index contributed by atoms with van der Waals surface area (Å²) in [6.07, 6.45) is 0. The van der Waals surface area contributed by atoms with Crippen LogP contribution in [0.2, 0.25) is 0 Å². The molecule has 0 aromatic heterocycles. The van der Waals surface area contributed by atoms with Gasteiger partial charge in [-0.05, 0) is 32.0 Å². The monoisotopic (exact) mass is 279 g/mol. The first-order chi connectivity index (χ1) is 9.36. The average Bonchev–Trinajstić information content (AvgIpc) is 2.40. The van der Waals surface area contributed by atoms with Gasteiger partial charge in [-0.3, -0.25) is 4.79 Å². The molecule has 0 fully saturated rings. The predicted octanol–water partition coefficient (Wildman–Crippen LogP) is 1.33. The maximum Gasteiger partial charge on any atom is 0.328 e. The van der Waals surface area contributed by atoms with Gasteiger partial charge in [0.2, 0.25) is 0 Å². The van der Waals surface area contributed by atoms with Crippen LogP contribution in [0.1, 0.15) is 24.2 Å². The van der Waals surface area contributed by atoms with Crippen molar-refractivity contribution in [2.24, 2.45) is 0 Å². The fraction of sp³-hybridized carbons (Fsp3) is 0.429. The fourth-order valence-electron chi connectivity index (χ4n) is 1.63. The zero-order chi connectivity index (χ0) is 15.3. The van der Waals surface area contributed by atoms with E-state index in [1.165, 1.54) is 4.90 Å². The molecule has 0 saturated carbocycles. The number of nitrogens with zero attached hydrogens (tertiary/aromatic N) is 1. The highest BCUT2D eigenvalue weighted by molar-refractivity contribution is 5.96. The van der Waals surface area contributed by atoms with E-state index in [9.17, 15) is 9.59 Å². The first-order valence-corrected chi connectivity index (χ1v) is 6.41. The zero-order valence-electron chi connectivity index (χ0n) is 12.3. The lowest BCUT2D eigenvalue weighted by atomic mass is 10.1. The molecule has 1 amide bonds. The minimum absolute atomic E-state index is 0.128. The molecule has 1 rings (SSSR count). The van der Waals surface area contributed by atoms with Gasteiger partial charge >= 0.3 is 5.97 Å². The highest BCUT2D eigenvalue weighted by Gasteiger charge is 2.16. The molecule has 0 radical (unpaired) electrons. The van der Waals surface area contributed by atoms with Gasteiger partial charge in [-0.15, -0.1) is 0 Å². The number of nitrogen functional groups attached to an aromatic ring is 1. The highest BCUT2D eigenvalue weighted by atomic mass is 16.5. The Balaban J connectivity index is 2.92. The van der Waals surface area contributed by atoms with Crippen LogP contribution in [0.3, 0.4) is 0 Å². The first kappa shape index (κ1) is 15.8. The summed E-state index contributed by atoms with van der Waals surface area (Å²) in [6, 6.07) is 4.38. The third-order valence-corrected chi connectivity index (χ3v) is 2.72. The van der Waals surface area contributed by atoms with Crippen LogP contribution in [0, 0.1) is 0 Å². The Labute approximate surface area is 118 Å². The van der Waals surface area contributed by atoms with Crippen molar-refractivity contribution in [2.45, 2.75) is 19.9 Å². The van der Waals surface area contributed by atoms with Gasteiger partial charge in [0.05, 0.1) is 18.0 Å². The number of carbonyl (C=O) groups excluding carboxylic acids is 2. The third-order valence-electron chi connectivity index (χ3n) is 2.72. The molecule has 0 spiro atoms. The van der Waals surface area contributed by atoms with Crippen molar-refractivity contribution in [3.05, 3.63) is 23.8 Å². The van der Waals surface area contributed by atoms with Crippen LogP contribution in [0.15, 0.2) is 18.2 Å². The number of esters is 1. The Morgan fingerprint density at radius 2 is 2.05 bits per heavy atom. The van der Waals surface area contributed by atoms with Gasteiger partial charge in [0, 0.05) is 19.7 Å². The molecule has 0 aliphatic rings. The molecular weight excluding hydrogens is 258 g/mol. The van der Waals surface area contributed by atoms with Crippen molar-refractivity contribution in [1.82, 2.24) is 4.90 Å². The number of nitrogens with two attached hydrogens (primary N) is 1. The van der Waals surface area contributed by atoms with Crippen LogP contribution >= 0.6 is 0 Å². The van der Waals surface area contributed by atoms with E-state index in [1.54, 1.807) is 46.1 Å². The van der Waals surface area contributed by atoms with E-state index in [-0.39, 0.29) is 11.9 Å². The third kappa shape index (κ3) is 3.88. The molecule has 110 valence electrons. The highest BCUT2D eigenvalue weighted by Crippen LogP contribution is 2.21. The summed E-state index contributed by atoms with van der Waals surface area (Å²) in [6.45, 7) is 3.74. The van der Waals surface area contributed by atoms with E-state index >= 15 is 0 Å². The molecule has 1 aromatic rings. The topological polar surface area (TPSA) is 84.7 Å². The smallest absolute Gasteiger partial charge is 0.328 e. The molecule has 1 unspecified atom stereocenters. The van der Waals surface area contributed by atoms with Gasteiger partial charge in [-0.1, -0.05) is 0 Å². The normalized spacial score (nSPS) is 11.6. The number of rotatable bonds is 5. The molecule has 0 aliphatic carbocycles. The molecule has 0 aliphatic heterocycles. The van der Waals surface area contributed by atoms with Crippen molar-refractivity contribution < 1.29 is 14.3 Å². The molecule has 0 saturated heterocycles. The van der Waals surface area contributed by atoms with E-state index in [0.717, 1.165) is 0 Å². The fourth-order valence-corrected chi connectivity index (χ4v) is 1.63. The van der Waals surface area contributed by atoms with Crippen molar-refractivity contribution in [3.8, 4) is 0 Å². The molecular formula is C14H21N3O3.